The predicted octanol–water partition coefficient (Wildman–Crippen LogP) is 8.72. The van der Waals surface area contributed by atoms with Gasteiger partial charge in [0.2, 0.25) is 5.52 Å². The summed E-state index contributed by atoms with van der Waals surface area (Å²) in [5, 5.41) is 9.00. The summed E-state index contributed by atoms with van der Waals surface area (Å²) in [4.78, 5) is 3.81. The van der Waals surface area contributed by atoms with Gasteiger partial charge < -0.3 is 4.40 Å². The molecule has 7 rings (SSSR count). The highest BCUT2D eigenvalue weighted by molar-refractivity contribution is 6.29. The monoisotopic (exact) mass is 480 g/mol. The lowest BCUT2D eigenvalue weighted by Gasteiger charge is -2.24. The lowest BCUT2D eigenvalue weighted by molar-refractivity contribution is -0.643. The Hall–Kier alpha value is -4.16. The largest absolute Gasteiger partial charge is 0.308 e. The van der Waals surface area contributed by atoms with Crippen LogP contribution in [0.5, 0.6) is 0 Å². The van der Waals surface area contributed by atoms with Gasteiger partial charge in [-0.25, -0.2) is 9.41 Å². The first-order valence-corrected chi connectivity index (χ1v) is 13.0. The number of aromatic nitrogens is 2. The smallest absolute Gasteiger partial charge is 0.224 e. The van der Waals surface area contributed by atoms with Crippen LogP contribution in [0.2, 0.25) is 0 Å². The molecule has 0 radical (unpaired) electrons. The quantitative estimate of drug-likeness (QED) is 0.0964. The maximum Gasteiger partial charge on any atom is 0.224 e. The van der Waals surface area contributed by atoms with Crippen molar-refractivity contribution in [3.63, 3.8) is 0 Å². The molecule has 0 spiro atoms. The van der Waals surface area contributed by atoms with Crippen molar-refractivity contribution in [2.75, 3.05) is 0 Å². The molecule has 180 valence electrons. The van der Waals surface area contributed by atoms with Gasteiger partial charge in [-0.1, -0.05) is 68.8 Å². The fraction of sp³-hybridized carbons (Fsp3) is 0.235. The van der Waals surface area contributed by atoms with Crippen LogP contribution in [0.4, 0.5) is 5.69 Å². The summed E-state index contributed by atoms with van der Waals surface area (Å²) in [6.07, 6.45) is 3.16. The van der Waals surface area contributed by atoms with Crippen molar-refractivity contribution in [1.29, 1.82) is 0 Å². The van der Waals surface area contributed by atoms with Crippen LogP contribution in [0.15, 0.2) is 60.8 Å². The van der Waals surface area contributed by atoms with E-state index in [-0.39, 0.29) is 5.41 Å². The Morgan fingerprint density at radius 3 is 2.35 bits per heavy atom. The van der Waals surface area contributed by atoms with E-state index in [1.807, 2.05) is 6.07 Å². The van der Waals surface area contributed by atoms with Gasteiger partial charge in [0.25, 0.3) is 0 Å². The summed E-state index contributed by atoms with van der Waals surface area (Å²) in [6.45, 7) is 19.2. The lowest BCUT2D eigenvalue weighted by atomic mass is 9.83. The number of hydrogen-bond donors (Lipinski definition) is 0. The average molecular weight is 481 g/mol. The summed E-state index contributed by atoms with van der Waals surface area (Å²) >= 11 is 0. The highest BCUT2D eigenvalue weighted by Gasteiger charge is 2.28. The zero-order chi connectivity index (χ0) is 25.8. The van der Waals surface area contributed by atoms with Crippen LogP contribution in [0.25, 0.3) is 64.6 Å². The minimum absolute atomic E-state index is 0.107. The first-order valence-electron chi connectivity index (χ1n) is 13.0. The molecule has 0 saturated carbocycles. The first kappa shape index (κ1) is 22.1. The van der Waals surface area contributed by atoms with Crippen LogP contribution in [0.1, 0.15) is 37.5 Å². The van der Waals surface area contributed by atoms with Crippen LogP contribution in [0.3, 0.4) is 0 Å². The average Bonchev–Trinajstić information content (AvgIpc) is 3.19. The minimum Gasteiger partial charge on any atom is -0.308 e. The van der Waals surface area contributed by atoms with Crippen molar-refractivity contribution in [3.05, 3.63) is 88.9 Å². The molecule has 0 aliphatic heterocycles. The van der Waals surface area contributed by atoms with E-state index in [1.165, 1.54) is 70.9 Å². The van der Waals surface area contributed by atoms with Crippen molar-refractivity contribution >= 4 is 65.5 Å². The number of hydrogen-bond acceptors (Lipinski definition) is 0. The van der Waals surface area contributed by atoms with Gasteiger partial charge >= 0.3 is 0 Å². The van der Waals surface area contributed by atoms with Gasteiger partial charge in [-0.2, -0.15) is 0 Å². The van der Waals surface area contributed by atoms with Crippen LogP contribution < -0.4 is 4.57 Å². The maximum absolute atomic E-state index is 7.73. The van der Waals surface area contributed by atoms with Crippen LogP contribution >= 0.6 is 0 Å². The van der Waals surface area contributed by atoms with Crippen LogP contribution in [-0.2, 0) is 13.5 Å². The zero-order valence-corrected chi connectivity index (χ0v) is 22.3. The topological polar surface area (TPSA) is 12.7 Å². The Bertz CT molecular complexity index is 2130. The Balaban J connectivity index is 1.94. The van der Waals surface area contributed by atoms with Gasteiger partial charge in [-0.15, -0.1) is 0 Å². The highest BCUT2D eigenvalue weighted by atomic mass is 15.0. The molecule has 37 heavy (non-hydrogen) atoms. The van der Waals surface area contributed by atoms with E-state index < -0.39 is 0 Å². The third kappa shape index (κ3) is 2.90. The summed E-state index contributed by atoms with van der Waals surface area (Å²) < 4.78 is 4.80. The van der Waals surface area contributed by atoms with E-state index in [2.05, 4.69) is 110 Å². The number of pyridine rings is 2. The molecule has 0 fully saturated rings. The third-order valence-electron chi connectivity index (χ3n) is 8.11. The molecule has 3 aromatic heterocycles. The molecule has 0 bridgehead atoms. The van der Waals surface area contributed by atoms with Crippen molar-refractivity contribution in [2.24, 2.45) is 12.5 Å². The molecule has 4 aromatic carbocycles. The van der Waals surface area contributed by atoms with Crippen molar-refractivity contribution in [1.82, 2.24) is 4.40 Å². The zero-order valence-electron chi connectivity index (χ0n) is 22.3. The first-order chi connectivity index (χ1) is 17.7. The van der Waals surface area contributed by atoms with Crippen molar-refractivity contribution in [2.45, 2.75) is 41.0 Å². The second-order valence-corrected chi connectivity index (χ2v) is 12.0. The third-order valence-corrected chi connectivity index (χ3v) is 8.11. The van der Waals surface area contributed by atoms with E-state index in [9.17, 15) is 0 Å². The number of fused-ring (bicyclic) bond motifs is 7. The van der Waals surface area contributed by atoms with E-state index in [0.29, 0.717) is 5.69 Å². The summed E-state index contributed by atoms with van der Waals surface area (Å²) in [6, 6.07) is 19.9. The SMILES string of the molecule is [C-]#[N+]c1ccc2c3ccc4cc[n+](C)c5c6c(C)c7cc(C)ccc7c(CC(C)(C)C)c6n(c2c1)c3c45. The Labute approximate surface area is 216 Å². The van der Waals surface area contributed by atoms with Crippen LogP contribution in [-0.4, -0.2) is 4.40 Å². The fourth-order valence-electron chi connectivity index (χ4n) is 6.61. The second kappa shape index (κ2) is 7.20. The fourth-order valence-corrected chi connectivity index (χ4v) is 6.61. The number of aryl methyl sites for hydroxylation is 3. The lowest BCUT2D eigenvalue weighted by Crippen LogP contribution is -2.29. The molecular formula is C34H30N3+. The molecule has 0 amide bonds. The summed E-state index contributed by atoms with van der Waals surface area (Å²) in [7, 11) is 2.18. The Morgan fingerprint density at radius 1 is 0.838 bits per heavy atom. The summed E-state index contributed by atoms with van der Waals surface area (Å²) in [5.41, 5.74) is 9.73. The van der Waals surface area contributed by atoms with E-state index >= 15 is 0 Å². The van der Waals surface area contributed by atoms with Gasteiger partial charge in [0.1, 0.15) is 7.05 Å². The van der Waals surface area contributed by atoms with Gasteiger partial charge in [-0.3, -0.25) is 0 Å². The molecule has 0 atom stereocenters. The number of nitrogens with zero attached hydrogens (tertiary/aromatic N) is 3. The highest BCUT2D eigenvalue weighted by Crippen LogP contribution is 2.45. The summed E-state index contributed by atoms with van der Waals surface area (Å²) in [5.74, 6) is 0. The molecule has 0 aliphatic carbocycles. The molecule has 3 nitrogen and oxygen atoms in total. The van der Waals surface area contributed by atoms with Crippen molar-refractivity contribution in [3.8, 4) is 0 Å². The Morgan fingerprint density at radius 2 is 1.59 bits per heavy atom. The Kier molecular flexibility index (Phi) is 4.30. The molecule has 7 aromatic rings. The molecule has 0 N–H and O–H groups in total. The molecule has 3 heteroatoms. The standard InChI is InChI=1S/C34H30N3/c1-19-8-11-23-26(16-19)20(2)29-32(27(23)18-34(3,4)5)37-28-17-22(35-6)10-13-24(28)25-12-9-21-14-15-36(7)33(29)30(21)31(25)37/h8-17H,18H2,1-5,7H3/q+1. The van der Waals surface area contributed by atoms with E-state index in [1.54, 1.807) is 0 Å². The maximum atomic E-state index is 7.73. The second-order valence-electron chi connectivity index (χ2n) is 12.0. The van der Waals surface area contributed by atoms with Gasteiger partial charge in [-0.05, 0) is 59.0 Å². The van der Waals surface area contributed by atoms with Crippen LogP contribution in [0, 0.1) is 25.8 Å². The van der Waals surface area contributed by atoms with Crippen molar-refractivity contribution < 1.29 is 4.57 Å². The molecular weight excluding hydrogens is 450 g/mol. The van der Waals surface area contributed by atoms with Gasteiger partial charge in [0.05, 0.1) is 28.4 Å². The molecule has 0 aliphatic rings. The van der Waals surface area contributed by atoms with E-state index in [0.717, 1.165) is 11.9 Å². The predicted molar refractivity (Wildman–Crippen MR) is 156 cm³/mol. The number of benzene rings is 4. The normalized spacial score (nSPS) is 12.7. The number of rotatable bonds is 1. The molecule has 3 heterocycles. The van der Waals surface area contributed by atoms with Gasteiger partial charge in [0, 0.05) is 22.4 Å². The molecule has 0 saturated heterocycles. The van der Waals surface area contributed by atoms with Gasteiger partial charge in [0.15, 0.2) is 11.9 Å². The minimum atomic E-state index is 0.107. The molecule has 0 unspecified atom stereocenters. The van der Waals surface area contributed by atoms with E-state index in [4.69, 9.17) is 6.57 Å².